The van der Waals surface area contributed by atoms with Gasteiger partial charge in [0.25, 0.3) is 0 Å². The van der Waals surface area contributed by atoms with Gasteiger partial charge in [-0.1, -0.05) is 12.1 Å². The molecule has 1 aromatic rings. The van der Waals surface area contributed by atoms with Crippen molar-refractivity contribution in [3.05, 3.63) is 29.3 Å². The Morgan fingerprint density at radius 1 is 1.39 bits per heavy atom. The summed E-state index contributed by atoms with van der Waals surface area (Å²) in [6.45, 7) is 2.24. The number of amides is 1. The zero-order valence-corrected chi connectivity index (χ0v) is 13.3. The quantitative estimate of drug-likeness (QED) is 0.845. The molecule has 23 heavy (non-hydrogen) atoms. The lowest BCUT2D eigenvalue weighted by molar-refractivity contribution is -0.120. The summed E-state index contributed by atoms with van der Waals surface area (Å²) in [4.78, 5) is 12.4. The highest BCUT2D eigenvalue weighted by Gasteiger charge is 2.41. The molecule has 0 bridgehead atoms. The molecule has 2 aliphatic heterocycles. The van der Waals surface area contributed by atoms with Crippen LogP contribution in [0.1, 0.15) is 36.3 Å². The summed E-state index contributed by atoms with van der Waals surface area (Å²) in [5.74, 6) is 1.52. The molecule has 1 aliphatic carbocycles. The zero-order valence-electron chi connectivity index (χ0n) is 13.3. The van der Waals surface area contributed by atoms with Crippen molar-refractivity contribution in [2.75, 3.05) is 26.2 Å². The number of likely N-dealkylation sites (tertiary alicyclic amines) is 1. The van der Waals surface area contributed by atoms with Crippen LogP contribution < -0.4 is 10.1 Å². The monoisotopic (exact) mass is 318 g/mol. The minimum Gasteiger partial charge on any atom is -0.493 e. The van der Waals surface area contributed by atoms with Crippen molar-refractivity contribution < 1.29 is 13.9 Å². The SMILES string of the molecule is O=CN1CCC(F)(CNC2CC2c2ccc3c(c2)CCO3)CC1. The van der Waals surface area contributed by atoms with Crippen molar-refractivity contribution in [1.29, 1.82) is 0 Å². The molecule has 2 atom stereocenters. The fourth-order valence-corrected chi connectivity index (χ4v) is 3.75. The van der Waals surface area contributed by atoms with Crippen LogP contribution in [0.2, 0.25) is 0 Å². The molecular formula is C18H23FN2O2. The van der Waals surface area contributed by atoms with Crippen LogP contribution in [0.3, 0.4) is 0 Å². The molecule has 2 unspecified atom stereocenters. The molecule has 2 heterocycles. The number of fused-ring (bicyclic) bond motifs is 1. The smallest absolute Gasteiger partial charge is 0.209 e. The van der Waals surface area contributed by atoms with Gasteiger partial charge in [-0.2, -0.15) is 0 Å². The van der Waals surface area contributed by atoms with Crippen molar-refractivity contribution in [3.8, 4) is 5.75 Å². The number of nitrogens with zero attached hydrogens (tertiary/aromatic N) is 1. The van der Waals surface area contributed by atoms with Gasteiger partial charge >= 0.3 is 0 Å². The number of benzene rings is 1. The number of nitrogens with one attached hydrogen (secondary N) is 1. The second-order valence-corrected chi connectivity index (χ2v) is 7.09. The van der Waals surface area contributed by atoms with Crippen molar-refractivity contribution in [2.24, 2.45) is 0 Å². The highest BCUT2D eigenvalue weighted by molar-refractivity contribution is 5.47. The molecule has 1 saturated heterocycles. The average molecular weight is 318 g/mol. The average Bonchev–Trinajstić information content (AvgIpc) is 3.21. The van der Waals surface area contributed by atoms with E-state index in [1.165, 1.54) is 11.1 Å². The predicted octanol–water partition coefficient (Wildman–Crippen LogP) is 2.03. The molecule has 0 spiro atoms. The molecule has 4 rings (SSSR count). The Kier molecular flexibility index (Phi) is 3.76. The van der Waals surface area contributed by atoms with Crippen molar-refractivity contribution in [1.82, 2.24) is 10.2 Å². The Hall–Kier alpha value is -1.62. The molecule has 2 fully saturated rings. The van der Waals surface area contributed by atoms with Crippen LogP contribution in [0.15, 0.2) is 18.2 Å². The van der Waals surface area contributed by atoms with E-state index in [1.54, 1.807) is 4.90 Å². The molecule has 3 aliphatic rings. The fraction of sp³-hybridized carbons (Fsp3) is 0.611. The lowest BCUT2D eigenvalue weighted by Gasteiger charge is -2.34. The Bertz CT molecular complexity index is 599. The lowest BCUT2D eigenvalue weighted by atomic mass is 9.93. The summed E-state index contributed by atoms with van der Waals surface area (Å²) in [6.07, 6.45) is 3.77. The number of hydrogen-bond acceptors (Lipinski definition) is 3. The van der Waals surface area contributed by atoms with Crippen molar-refractivity contribution in [3.63, 3.8) is 0 Å². The second kappa shape index (κ2) is 5.78. The largest absolute Gasteiger partial charge is 0.493 e. The summed E-state index contributed by atoms with van der Waals surface area (Å²) in [5.41, 5.74) is 1.48. The first kappa shape index (κ1) is 14.9. The van der Waals surface area contributed by atoms with E-state index in [0.717, 1.165) is 31.6 Å². The second-order valence-electron chi connectivity index (χ2n) is 7.09. The van der Waals surface area contributed by atoms with Crippen LogP contribution in [-0.4, -0.2) is 49.3 Å². The van der Waals surface area contributed by atoms with E-state index in [1.807, 2.05) is 0 Å². The first-order valence-electron chi connectivity index (χ1n) is 8.54. The number of hydrogen-bond donors (Lipinski definition) is 1. The van der Waals surface area contributed by atoms with Gasteiger partial charge < -0.3 is 15.0 Å². The van der Waals surface area contributed by atoms with Gasteiger partial charge in [-0.15, -0.1) is 0 Å². The Morgan fingerprint density at radius 3 is 3.00 bits per heavy atom. The Labute approximate surface area is 136 Å². The molecule has 5 heteroatoms. The highest BCUT2D eigenvalue weighted by Crippen LogP contribution is 2.43. The minimum atomic E-state index is -1.17. The van der Waals surface area contributed by atoms with Crippen LogP contribution in [0.25, 0.3) is 0 Å². The molecule has 0 radical (unpaired) electrons. The van der Waals surface area contributed by atoms with Crippen LogP contribution >= 0.6 is 0 Å². The standard InChI is InChI=1S/C18H23FN2O2/c19-18(4-6-21(12-22)7-5-18)11-20-16-10-15(16)13-1-2-17-14(9-13)3-8-23-17/h1-2,9,12,15-16,20H,3-8,10-11H2. The van der Waals surface area contributed by atoms with Gasteiger partial charge in [0, 0.05) is 50.9 Å². The van der Waals surface area contributed by atoms with E-state index in [0.29, 0.717) is 44.4 Å². The van der Waals surface area contributed by atoms with Crippen LogP contribution in [0.4, 0.5) is 4.39 Å². The van der Waals surface area contributed by atoms with E-state index >= 15 is 0 Å². The maximum absolute atomic E-state index is 14.8. The molecular weight excluding hydrogens is 295 g/mol. The highest BCUT2D eigenvalue weighted by atomic mass is 19.1. The third kappa shape index (κ3) is 3.07. The number of alkyl halides is 1. The number of halogens is 1. The van der Waals surface area contributed by atoms with Crippen LogP contribution in [-0.2, 0) is 11.2 Å². The van der Waals surface area contributed by atoms with Gasteiger partial charge in [-0.05, 0) is 23.6 Å². The van der Waals surface area contributed by atoms with Gasteiger partial charge in [0.1, 0.15) is 11.4 Å². The van der Waals surface area contributed by atoms with Gasteiger partial charge in [-0.25, -0.2) is 4.39 Å². The maximum Gasteiger partial charge on any atom is 0.209 e. The van der Waals surface area contributed by atoms with Gasteiger partial charge in [-0.3, -0.25) is 4.79 Å². The zero-order chi connectivity index (χ0) is 15.9. The lowest BCUT2D eigenvalue weighted by Crippen LogP contribution is -2.47. The maximum atomic E-state index is 14.8. The minimum absolute atomic E-state index is 0.382. The van der Waals surface area contributed by atoms with Crippen molar-refractivity contribution in [2.45, 2.75) is 43.3 Å². The summed E-state index contributed by atoms with van der Waals surface area (Å²) < 4.78 is 20.3. The molecule has 1 N–H and O–H groups in total. The molecule has 0 aromatic heterocycles. The number of carbonyl (C=O) groups excluding carboxylic acids is 1. The first-order chi connectivity index (χ1) is 11.2. The third-order valence-corrected chi connectivity index (χ3v) is 5.46. The Balaban J connectivity index is 1.30. The normalized spacial score (nSPS) is 28.1. The van der Waals surface area contributed by atoms with E-state index in [4.69, 9.17) is 4.74 Å². The first-order valence-corrected chi connectivity index (χ1v) is 8.54. The number of carbonyl (C=O) groups is 1. The van der Waals surface area contributed by atoms with Gasteiger partial charge in [0.05, 0.1) is 6.61 Å². The fourth-order valence-electron chi connectivity index (χ4n) is 3.75. The number of piperidine rings is 1. The Morgan fingerprint density at radius 2 is 2.22 bits per heavy atom. The predicted molar refractivity (Wildman–Crippen MR) is 85.5 cm³/mol. The third-order valence-electron chi connectivity index (χ3n) is 5.46. The van der Waals surface area contributed by atoms with Gasteiger partial charge in [0.15, 0.2) is 0 Å². The van der Waals surface area contributed by atoms with Crippen LogP contribution in [0, 0.1) is 0 Å². The van der Waals surface area contributed by atoms with E-state index in [2.05, 4.69) is 23.5 Å². The van der Waals surface area contributed by atoms with E-state index in [-0.39, 0.29) is 0 Å². The topological polar surface area (TPSA) is 41.6 Å². The van der Waals surface area contributed by atoms with Gasteiger partial charge in [0.2, 0.25) is 6.41 Å². The molecule has 1 saturated carbocycles. The molecule has 124 valence electrons. The summed E-state index contributed by atoms with van der Waals surface area (Å²) in [6, 6.07) is 6.85. The summed E-state index contributed by atoms with van der Waals surface area (Å²) >= 11 is 0. The van der Waals surface area contributed by atoms with E-state index in [9.17, 15) is 9.18 Å². The summed E-state index contributed by atoms with van der Waals surface area (Å²) in [7, 11) is 0. The summed E-state index contributed by atoms with van der Waals surface area (Å²) in [5, 5.41) is 3.40. The molecule has 4 nitrogen and oxygen atoms in total. The molecule has 1 amide bonds. The van der Waals surface area contributed by atoms with Crippen molar-refractivity contribution >= 4 is 6.41 Å². The number of ether oxygens (including phenoxy) is 1. The molecule has 1 aromatic carbocycles. The van der Waals surface area contributed by atoms with Crippen LogP contribution in [0.5, 0.6) is 5.75 Å². The van der Waals surface area contributed by atoms with E-state index < -0.39 is 5.67 Å². The number of rotatable bonds is 5.